The first kappa shape index (κ1) is 29.2. The number of nitrogens with one attached hydrogen (secondary N) is 1. The number of halogens is 3. The monoisotopic (exact) mass is 490 g/mol. The third kappa shape index (κ3) is 9.96. The average Bonchev–Trinajstić information content (AvgIpc) is 2.83. The summed E-state index contributed by atoms with van der Waals surface area (Å²) >= 11 is 0. The summed E-state index contributed by atoms with van der Waals surface area (Å²) in [5.41, 5.74) is 0.544. The van der Waals surface area contributed by atoms with Gasteiger partial charge in [0.1, 0.15) is 12.3 Å². The Hall–Kier alpha value is -2.86. The molecule has 1 aromatic rings. The molecule has 2 rings (SSSR count). The van der Waals surface area contributed by atoms with Gasteiger partial charge in [0.25, 0.3) is 5.91 Å². The molecule has 0 atom stereocenters. The second kappa shape index (κ2) is 14.4. The number of alkyl halides is 3. The van der Waals surface area contributed by atoms with Crippen LogP contribution in [0.4, 0.5) is 13.2 Å². The summed E-state index contributed by atoms with van der Waals surface area (Å²) in [6.45, 7) is 10.4. The number of hydrogen-bond donors (Lipinski definition) is 2. The molecule has 0 aliphatic carbocycles. The number of benzene rings is 1. The maximum absolute atomic E-state index is 13.1. The van der Waals surface area contributed by atoms with Gasteiger partial charge >= 0.3 is 12.1 Å². The van der Waals surface area contributed by atoms with Gasteiger partial charge in [0, 0.05) is 44.8 Å². The van der Waals surface area contributed by atoms with Crippen molar-refractivity contribution in [1.29, 1.82) is 0 Å². The summed E-state index contributed by atoms with van der Waals surface area (Å²) in [7, 11) is 1.58. The third-order valence-corrected chi connectivity index (χ3v) is 5.22. The molecule has 0 aromatic heterocycles. The number of carboxylic acid groups (broad SMARTS) is 1. The van der Waals surface area contributed by atoms with Crippen LogP contribution in [0.1, 0.15) is 24.2 Å². The Labute approximate surface area is 197 Å². The maximum atomic E-state index is 13.1. The predicted molar refractivity (Wildman–Crippen MR) is 120 cm³/mol. The van der Waals surface area contributed by atoms with E-state index >= 15 is 0 Å². The van der Waals surface area contributed by atoms with Crippen molar-refractivity contribution in [1.82, 2.24) is 20.0 Å². The molecule has 9 nitrogen and oxygen atoms in total. The minimum Gasteiger partial charge on any atom is -0.497 e. The molecule has 2 amide bonds. The molecular weight excluding hydrogens is 457 g/mol. The van der Waals surface area contributed by atoms with Crippen LogP contribution in [-0.4, -0.2) is 110 Å². The fourth-order valence-electron chi connectivity index (χ4n) is 3.17. The first-order chi connectivity index (χ1) is 16.0. The second-order valence-electron chi connectivity index (χ2n) is 7.42. The Morgan fingerprint density at radius 3 is 2.21 bits per heavy atom. The quantitative estimate of drug-likeness (QED) is 0.542. The van der Waals surface area contributed by atoms with E-state index in [1.54, 1.807) is 30.2 Å². The van der Waals surface area contributed by atoms with Crippen LogP contribution in [0.2, 0.25) is 0 Å². The van der Waals surface area contributed by atoms with E-state index in [0.717, 1.165) is 32.7 Å². The number of aliphatic carboxylic acids is 1. The van der Waals surface area contributed by atoms with E-state index in [1.807, 2.05) is 11.0 Å². The SMILES string of the molecule is CCN(CC)CCN(CC(=O)N1CCNCC1)C(=O)c1cccc(OC)c1.O=C(O)C(F)(F)F. The average molecular weight is 491 g/mol. The molecule has 12 heteroatoms. The van der Waals surface area contributed by atoms with Crippen LogP contribution < -0.4 is 10.1 Å². The van der Waals surface area contributed by atoms with Crippen molar-refractivity contribution in [2.45, 2.75) is 20.0 Å². The smallest absolute Gasteiger partial charge is 0.490 e. The lowest BCUT2D eigenvalue weighted by molar-refractivity contribution is -0.192. The highest BCUT2D eigenvalue weighted by Crippen LogP contribution is 2.15. The van der Waals surface area contributed by atoms with Crippen molar-refractivity contribution < 1.29 is 37.4 Å². The highest BCUT2D eigenvalue weighted by atomic mass is 19.4. The summed E-state index contributed by atoms with van der Waals surface area (Å²) in [5, 5.41) is 10.4. The van der Waals surface area contributed by atoms with Crippen molar-refractivity contribution in [2.75, 3.05) is 66.0 Å². The van der Waals surface area contributed by atoms with E-state index in [-0.39, 0.29) is 18.4 Å². The van der Waals surface area contributed by atoms with Gasteiger partial charge in [0.2, 0.25) is 5.91 Å². The van der Waals surface area contributed by atoms with Crippen molar-refractivity contribution >= 4 is 17.8 Å². The first-order valence-electron chi connectivity index (χ1n) is 11.0. The molecule has 1 fully saturated rings. The molecule has 1 saturated heterocycles. The molecule has 0 saturated carbocycles. The molecule has 1 heterocycles. The Morgan fingerprint density at radius 2 is 1.71 bits per heavy atom. The molecular formula is C22H33F3N4O5. The Morgan fingerprint density at radius 1 is 1.12 bits per heavy atom. The van der Waals surface area contributed by atoms with Gasteiger partial charge in [-0.3, -0.25) is 9.59 Å². The van der Waals surface area contributed by atoms with E-state index < -0.39 is 12.1 Å². The van der Waals surface area contributed by atoms with Gasteiger partial charge in [-0.1, -0.05) is 19.9 Å². The van der Waals surface area contributed by atoms with E-state index in [0.29, 0.717) is 30.9 Å². The number of carbonyl (C=O) groups is 3. The Balaban J connectivity index is 0.000000718. The van der Waals surface area contributed by atoms with E-state index in [1.165, 1.54) is 0 Å². The zero-order chi connectivity index (χ0) is 25.7. The van der Waals surface area contributed by atoms with Crippen molar-refractivity contribution in [3.8, 4) is 5.75 Å². The summed E-state index contributed by atoms with van der Waals surface area (Å²) in [6, 6.07) is 7.10. The van der Waals surface area contributed by atoms with Crippen LogP contribution in [0.3, 0.4) is 0 Å². The maximum Gasteiger partial charge on any atom is 0.490 e. The lowest BCUT2D eigenvalue weighted by Gasteiger charge is -2.31. The normalized spacial score (nSPS) is 13.7. The van der Waals surface area contributed by atoms with Gasteiger partial charge in [-0.2, -0.15) is 13.2 Å². The van der Waals surface area contributed by atoms with E-state index in [9.17, 15) is 22.8 Å². The van der Waals surface area contributed by atoms with Crippen molar-refractivity contribution in [2.24, 2.45) is 0 Å². The fourth-order valence-corrected chi connectivity index (χ4v) is 3.17. The topological polar surface area (TPSA) is 102 Å². The van der Waals surface area contributed by atoms with Gasteiger partial charge in [0.15, 0.2) is 0 Å². The highest BCUT2D eigenvalue weighted by molar-refractivity contribution is 5.96. The molecule has 0 unspecified atom stereocenters. The molecule has 0 radical (unpaired) electrons. The Kier molecular flexibility index (Phi) is 12.4. The molecule has 1 aliphatic heterocycles. The number of carbonyl (C=O) groups excluding carboxylic acids is 2. The van der Waals surface area contributed by atoms with Gasteiger partial charge < -0.3 is 29.9 Å². The summed E-state index contributed by atoms with van der Waals surface area (Å²) < 4.78 is 37.0. The zero-order valence-corrected chi connectivity index (χ0v) is 19.7. The number of carboxylic acids is 1. The summed E-state index contributed by atoms with van der Waals surface area (Å²) in [6.07, 6.45) is -5.08. The Bertz CT molecular complexity index is 797. The van der Waals surface area contributed by atoms with Gasteiger partial charge in [-0.25, -0.2) is 4.79 Å². The number of nitrogens with zero attached hydrogens (tertiary/aromatic N) is 3. The standard InChI is InChI=1S/C20H32N4O3.C2HF3O2/c1-4-22(5-2)13-14-24(16-19(25)23-11-9-21-10-12-23)20(26)17-7-6-8-18(15-17)27-3;3-2(4,5)1(6)7/h6-8,15,21H,4-5,9-14,16H2,1-3H3;(H,6,7). The first-order valence-corrected chi connectivity index (χ1v) is 11.0. The zero-order valence-electron chi connectivity index (χ0n) is 19.7. The third-order valence-electron chi connectivity index (χ3n) is 5.22. The van der Waals surface area contributed by atoms with Gasteiger partial charge in [-0.05, 0) is 31.3 Å². The van der Waals surface area contributed by atoms with Crippen molar-refractivity contribution in [3.63, 3.8) is 0 Å². The second-order valence-corrected chi connectivity index (χ2v) is 7.42. The highest BCUT2D eigenvalue weighted by Gasteiger charge is 2.38. The largest absolute Gasteiger partial charge is 0.497 e. The predicted octanol–water partition coefficient (Wildman–Crippen LogP) is 1.54. The van der Waals surface area contributed by atoms with Crippen LogP contribution in [0.5, 0.6) is 5.75 Å². The molecule has 0 bridgehead atoms. The number of amides is 2. The number of methoxy groups -OCH3 is 1. The number of piperazine rings is 1. The van der Waals surface area contributed by atoms with Crippen LogP contribution >= 0.6 is 0 Å². The minimum atomic E-state index is -5.08. The van der Waals surface area contributed by atoms with Crippen LogP contribution in [0.15, 0.2) is 24.3 Å². The number of rotatable bonds is 9. The van der Waals surface area contributed by atoms with E-state index in [4.69, 9.17) is 14.6 Å². The van der Waals surface area contributed by atoms with E-state index in [2.05, 4.69) is 24.1 Å². The van der Waals surface area contributed by atoms with Gasteiger partial charge in [0.05, 0.1) is 7.11 Å². The molecule has 2 N–H and O–H groups in total. The summed E-state index contributed by atoms with van der Waals surface area (Å²) in [5.74, 6) is -2.25. The lowest BCUT2D eigenvalue weighted by Crippen LogP contribution is -2.51. The molecule has 1 aliphatic rings. The number of hydrogen-bond acceptors (Lipinski definition) is 6. The van der Waals surface area contributed by atoms with Crippen LogP contribution in [0.25, 0.3) is 0 Å². The number of likely N-dealkylation sites (N-methyl/N-ethyl adjacent to an activating group) is 1. The van der Waals surface area contributed by atoms with Gasteiger partial charge in [-0.15, -0.1) is 0 Å². The number of ether oxygens (including phenoxy) is 1. The van der Waals surface area contributed by atoms with Crippen molar-refractivity contribution in [3.05, 3.63) is 29.8 Å². The molecule has 192 valence electrons. The van der Waals surface area contributed by atoms with Crippen LogP contribution in [-0.2, 0) is 9.59 Å². The fraction of sp³-hybridized carbons (Fsp3) is 0.591. The molecule has 1 aromatic carbocycles. The molecule has 0 spiro atoms. The summed E-state index contributed by atoms with van der Waals surface area (Å²) in [4.78, 5) is 40.5. The lowest BCUT2D eigenvalue weighted by atomic mass is 10.2. The minimum absolute atomic E-state index is 0.00675. The van der Waals surface area contributed by atoms with Crippen LogP contribution in [0, 0.1) is 0 Å². The molecule has 34 heavy (non-hydrogen) atoms.